The first kappa shape index (κ1) is 63.1. The fraction of sp³-hybridized carbons (Fsp3) is 0.750. The fourth-order valence-corrected chi connectivity index (χ4v) is 13.0. The molecule has 0 aliphatic heterocycles. The van der Waals surface area contributed by atoms with Gasteiger partial charge in [0, 0.05) is 55.3 Å². The van der Waals surface area contributed by atoms with Gasteiger partial charge in [0.05, 0.1) is 48.2 Å². The van der Waals surface area contributed by atoms with Crippen LogP contribution in [-0.2, 0) is 0 Å². The topological polar surface area (TPSA) is 36.9 Å². The first-order valence-electron chi connectivity index (χ1n) is 30.7. The monoisotopic (exact) mass is 1070 g/mol. The van der Waals surface area contributed by atoms with E-state index in [-0.39, 0.29) is 0 Å². The van der Waals surface area contributed by atoms with E-state index < -0.39 is 0 Å². The molecule has 0 spiro atoms. The van der Waals surface area contributed by atoms with Gasteiger partial charge in [-0.1, -0.05) is 295 Å². The first-order valence-corrected chi connectivity index (χ1v) is 34.3. The molecule has 0 aliphatic carbocycles. The van der Waals surface area contributed by atoms with Gasteiger partial charge in [-0.3, -0.25) is 0 Å². The SMILES string of the molecule is CCCCCCCCCCCCSOc1c(OSCCCCCCCCCCCC)c2cccc3c(OSCCCCCCCCCCCC)c(OSCCCCCCCCCCCC)c4cccc1c4c23. The molecule has 0 aliphatic rings. The van der Waals surface area contributed by atoms with Crippen LogP contribution >= 0.6 is 48.2 Å². The lowest BCUT2D eigenvalue weighted by Gasteiger charge is -2.22. The summed E-state index contributed by atoms with van der Waals surface area (Å²) in [6.45, 7) is 9.20. The van der Waals surface area contributed by atoms with E-state index in [1.165, 1.54) is 268 Å². The molecule has 0 N–H and O–H groups in total. The number of unbranched alkanes of at least 4 members (excludes halogenated alkanes) is 36. The van der Waals surface area contributed by atoms with Crippen LogP contribution in [0.4, 0.5) is 0 Å². The Kier molecular flexibility index (Phi) is 38.2. The van der Waals surface area contributed by atoms with Crippen LogP contribution in [-0.4, -0.2) is 23.0 Å². The third-order valence-corrected chi connectivity index (χ3v) is 17.6. The molecule has 4 nitrogen and oxygen atoms in total. The maximum Gasteiger partial charge on any atom is 0.189 e. The van der Waals surface area contributed by atoms with Crippen molar-refractivity contribution in [1.82, 2.24) is 0 Å². The second-order valence-corrected chi connectivity index (χ2v) is 24.4. The van der Waals surface area contributed by atoms with Crippen molar-refractivity contribution in [3.63, 3.8) is 0 Å². The molecule has 0 bridgehead atoms. The van der Waals surface area contributed by atoms with Crippen LogP contribution in [0.2, 0.25) is 0 Å². The van der Waals surface area contributed by atoms with Gasteiger partial charge in [0.1, 0.15) is 0 Å². The predicted molar refractivity (Wildman–Crippen MR) is 330 cm³/mol. The van der Waals surface area contributed by atoms with Gasteiger partial charge in [0.15, 0.2) is 23.0 Å². The van der Waals surface area contributed by atoms with E-state index in [1.807, 2.05) is 0 Å². The smallest absolute Gasteiger partial charge is 0.189 e. The number of hydrogen-bond acceptors (Lipinski definition) is 8. The van der Waals surface area contributed by atoms with Crippen molar-refractivity contribution in [1.29, 1.82) is 0 Å². The molecule has 4 aromatic rings. The van der Waals surface area contributed by atoms with Crippen LogP contribution in [0.1, 0.15) is 285 Å². The average Bonchev–Trinajstić information content (AvgIpc) is 3.40. The molecule has 0 saturated heterocycles. The molecule has 0 amide bonds. The van der Waals surface area contributed by atoms with Crippen LogP contribution in [0.3, 0.4) is 0 Å². The summed E-state index contributed by atoms with van der Waals surface area (Å²) in [4.78, 5) is 0. The van der Waals surface area contributed by atoms with Crippen molar-refractivity contribution in [2.75, 3.05) is 23.0 Å². The molecule has 0 radical (unpaired) electrons. The molecule has 4 aromatic carbocycles. The highest BCUT2D eigenvalue weighted by molar-refractivity contribution is 7.95. The minimum atomic E-state index is 0.848. The first-order chi connectivity index (χ1) is 35.8. The molecule has 0 atom stereocenters. The van der Waals surface area contributed by atoms with Crippen LogP contribution in [0.25, 0.3) is 32.3 Å². The van der Waals surface area contributed by atoms with Gasteiger partial charge in [0.25, 0.3) is 0 Å². The van der Waals surface area contributed by atoms with Crippen molar-refractivity contribution in [3.8, 4) is 23.0 Å². The molecule has 8 heteroatoms. The molecular weight excluding hydrogens is 961 g/mol. The Morgan fingerprint density at radius 1 is 0.236 bits per heavy atom. The summed E-state index contributed by atoms with van der Waals surface area (Å²) in [5.41, 5.74) is 0. The molecule has 0 saturated carbocycles. The van der Waals surface area contributed by atoms with E-state index in [9.17, 15) is 0 Å². The summed E-state index contributed by atoms with van der Waals surface area (Å²) < 4.78 is 27.5. The van der Waals surface area contributed by atoms with Crippen LogP contribution in [0.5, 0.6) is 23.0 Å². The summed E-state index contributed by atoms with van der Waals surface area (Å²) in [5.74, 6) is 7.28. The summed E-state index contributed by atoms with van der Waals surface area (Å²) in [7, 11) is 0. The molecule has 0 fully saturated rings. The minimum absolute atomic E-state index is 0.848. The van der Waals surface area contributed by atoms with Gasteiger partial charge in [0.2, 0.25) is 0 Å². The second kappa shape index (κ2) is 43.6. The van der Waals surface area contributed by atoms with Crippen LogP contribution < -0.4 is 16.7 Å². The normalized spacial score (nSPS) is 11.8. The van der Waals surface area contributed by atoms with Crippen LogP contribution in [0.15, 0.2) is 36.4 Å². The quantitative estimate of drug-likeness (QED) is 0.0246. The largest absolute Gasteiger partial charge is 0.421 e. The molecule has 0 heterocycles. The van der Waals surface area contributed by atoms with Gasteiger partial charge in [-0.25, -0.2) is 0 Å². The number of rotatable bonds is 52. The maximum atomic E-state index is 6.89. The lowest BCUT2D eigenvalue weighted by atomic mass is 9.92. The highest BCUT2D eigenvalue weighted by Gasteiger charge is 2.27. The lowest BCUT2D eigenvalue weighted by molar-refractivity contribution is 0.557. The highest BCUT2D eigenvalue weighted by Crippen LogP contribution is 2.55. The van der Waals surface area contributed by atoms with E-state index in [4.69, 9.17) is 16.7 Å². The van der Waals surface area contributed by atoms with E-state index >= 15 is 0 Å². The maximum absolute atomic E-state index is 6.89. The molecule has 0 aromatic heterocycles. The Bertz CT molecular complexity index is 1610. The van der Waals surface area contributed by atoms with Crippen molar-refractivity contribution >= 4 is 80.5 Å². The van der Waals surface area contributed by atoms with Crippen molar-refractivity contribution in [2.24, 2.45) is 0 Å². The molecule has 4 rings (SSSR count). The van der Waals surface area contributed by atoms with Crippen molar-refractivity contribution < 1.29 is 16.7 Å². The van der Waals surface area contributed by atoms with E-state index in [1.54, 1.807) is 48.2 Å². The van der Waals surface area contributed by atoms with Gasteiger partial charge in [-0.2, -0.15) is 0 Å². The minimum Gasteiger partial charge on any atom is -0.421 e. The fourth-order valence-electron chi connectivity index (χ4n) is 10.2. The lowest BCUT2D eigenvalue weighted by Crippen LogP contribution is -1.99. The van der Waals surface area contributed by atoms with E-state index in [2.05, 4.69) is 64.1 Å². The summed E-state index contributed by atoms with van der Waals surface area (Å²) >= 11 is 6.41. The molecule has 72 heavy (non-hydrogen) atoms. The van der Waals surface area contributed by atoms with Crippen molar-refractivity contribution in [2.45, 2.75) is 285 Å². The molecular formula is C64H106O4S4. The zero-order valence-corrected chi connectivity index (χ0v) is 50.1. The summed E-state index contributed by atoms with van der Waals surface area (Å²) in [6.07, 6.45) is 53.5. The van der Waals surface area contributed by atoms with Gasteiger partial charge < -0.3 is 16.7 Å². The third kappa shape index (κ3) is 25.6. The standard InChI is InChI=1S/C64H106O4S4/c1-5-9-13-17-21-25-29-33-37-41-51-69-65-61-55-47-45-49-57-59(55)60-56(62(61)66-70-52-42-38-34-30-26-22-18-14-10-6-2)48-46-50-58(60)64(68-72-54-44-40-36-32-28-24-20-16-12-8-4)63(57)67-71-53-43-39-35-31-27-23-19-15-11-7-3/h45-50H,5-44,51-54H2,1-4H3. The summed E-state index contributed by atoms with van der Waals surface area (Å²) in [5, 5.41) is 6.74. The highest BCUT2D eigenvalue weighted by atomic mass is 32.2. The molecule has 0 unspecified atom stereocenters. The molecule has 410 valence electrons. The number of hydrogen-bond donors (Lipinski definition) is 0. The number of benzene rings is 4. The van der Waals surface area contributed by atoms with E-state index in [0.717, 1.165) is 67.6 Å². The van der Waals surface area contributed by atoms with E-state index in [0.29, 0.717) is 0 Å². The van der Waals surface area contributed by atoms with Gasteiger partial charge in [-0.05, 0) is 25.7 Å². The Morgan fingerprint density at radius 2 is 0.403 bits per heavy atom. The Morgan fingerprint density at radius 3 is 0.583 bits per heavy atom. The third-order valence-electron chi connectivity index (χ3n) is 14.7. The van der Waals surface area contributed by atoms with Gasteiger partial charge >= 0.3 is 0 Å². The Balaban J connectivity index is 1.50. The zero-order chi connectivity index (χ0) is 50.8. The van der Waals surface area contributed by atoms with Gasteiger partial charge in [-0.15, -0.1) is 0 Å². The predicted octanol–water partition coefficient (Wildman–Crippen LogP) is 24.4. The van der Waals surface area contributed by atoms with Crippen molar-refractivity contribution in [3.05, 3.63) is 36.4 Å². The Labute approximate surface area is 461 Å². The van der Waals surface area contributed by atoms with Crippen LogP contribution in [0, 0.1) is 0 Å². The zero-order valence-electron chi connectivity index (χ0n) is 46.8. The Hall–Kier alpha value is -1.48. The summed E-state index contributed by atoms with van der Waals surface area (Å²) in [6, 6.07) is 13.3. The second-order valence-electron chi connectivity index (χ2n) is 21.1. The average molecular weight is 1070 g/mol.